The zero-order valence-electron chi connectivity index (χ0n) is 11.9. The monoisotopic (exact) mass is 290 g/mol. The predicted octanol–water partition coefficient (Wildman–Crippen LogP) is 1.14. The van der Waals surface area contributed by atoms with Gasteiger partial charge < -0.3 is 15.3 Å². The number of hydrogen-bond donors (Lipinski definition) is 3. The summed E-state index contributed by atoms with van der Waals surface area (Å²) >= 11 is 0. The summed E-state index contributed by atoms with van der Waals surface area (Å²) in [5, 5.41) is 29.7. The van der Waals surface area contributed by atoms with Gasteiger partial charge in [-0.25, -0.2) is 0 Å². The average molecular weight is 290 g/mol. The molecule has 0 bridgehead atoms. The van der Waals surface area contributed by atoms with E-state index in [1.165, 1.54) is 12.2 Å². The van der Waals surface area contributed by atoms with Crippen LogP contribution in [0.3, 0.4) is 0 Å². The minimum absolute atomic E-state index is 0.0200. The Morgan fingerprint density at radius 3 is 2.67 bits per heavy atom. The number of aliphatic hydroxyl groups is 3. The molecule has 0 aromatic heterocycles. The van der Waals surface area contributed by atoms with Crippen LogP contribution in [0.2, 0.25) is 0 Å². The highest BCUT2D eigenvalue weighted by Crippen LogP contribution is 2.34. The molecule has 5 heteroatoms. The molecule has 0 aliphatic heterocycles. The normalized spacial score (nSPS) is 26.4. The molecule has 112 valence electrons. The number of carbonyl (C=O) groups is 2. The van der Waals surface area contributed by atoms with Gasteiger partial charge in [-0.05, 0) is 32.4 Å². The predicted molar refractivity (Wildman–Crippen MR) is 76.4 cm³/mol. The van der Waals surface area contributed by atoms with E-state index in [2.05, 4.69) is 0 Å². The summed E-state index contributed by atoms with van der Waals surface area (Å²) in [4.78, 5) is 24.5. The van der Waals surface area contributed by atoms with Crippen LogP contribution in [0.25, 0.3) is 0 Å². The smallest absolute Gasteiger partial charge is 0.186 e. The first-order valence-corrected chi connectivity index (χ1v) is 6.74. The molecule has 2 unspecified atom stereocenters. The van der Waals surface area contributed by atoms with Gasteiger partial charge in [0.05, 0.1) is 23.7 Å². The van der Waals surface area contributed by atoms with Crippen molar-refractivity contribution in [3.63, 3.8) is 0 Å². The number of fused-ring (bicyclic) bond motifs is 1. The Kier molecular flexibility index (Phi) is 4.25. The zero-order valence-corrected chi connectivity index (χ0v) is 11.9. The summed E-state index contributed by atoms with van der Waals surface area (Å²) in [5.74, 6) is -2.52. The fraction of sp³-hybridized carbons (Fsp3) is 0.375. The summed E-state index contributed by atoms with van der Waals surface area (Å²) in [7, 11) is 0. The van der Waals surface area contributed by atoms with Gasteiger partial charge in [-0.3, -0.25) is 9.59 Å². The van der Waals surface area contributed by atoms with E-state index in [0.717, 1.165) is 11.6 Å². The highest BCUT2D eigenvalue weighted by Gasteiger charge is 2.42. The van der Waals surface area contributed by atoms with Gasteiger partial charge in [0.25, 0.3) is 0 Å². The van der Waals surface area contributed by atoms with Gasteiger partial charge in [0.1, 0.15) is 5.76 Å². The number of aliphatic hydroxyl groups excluding tert-OH is 3. The topological polar surface area (TPSA) is 94.8 Å². The van der Waals surface area contributed by atoms with Crippen LogP contribution in [0.1, 0.15) is 20.3 Å². The van der Waals surface area contributed by atoms with Gasteiger partial charge in [-0.1, -0.05) is 17.7 Å². The summed E-state index contributed by atoms with van der Waals surface area (Å²) < 4.78 is 0. The van der Waals surface area contributed by atoms with Crippen molar-refractivity contribution in [2.45, 2.75) is 32.5 Å². The molecular formula is C16H18O5. The van der Waals surface area contributed by atoms with E-state index >= 15 is 0 Å². The molecule has 2 aliphatic rings. The molecule has 0 fully saturated rings. The molecule has 0 saturated carbocycles. The van der Waals surface area contributed by atoms with Crippen molar-refractivity contribution in [2.24, 2.45) is 5.92 Å². The van der Waals surface area contributed by atoms with Gasteiger partial charge >= 0.3 is 0 Å². The minimum Gasteiger partial charge on any atom is -0.508 e. The van der Waals surface area contributed by atoms with Crippen LogP contribution in [-0.4, -0.2) is 39.1 Å². The number of hydrogen-bond acceptors (Lipinski definition) is 5. The Bertz CT molecular complexity index is 602. The summed E-state index contributed by atoms with van der Waals surface area (Å²) in [5.41, 5.74) is 0.865. The Balaban J connectivity index is 2.37. The van der Waals surface area contributed by atoms with Crippen LogP contribution in [-0.2, 0) is 9.59 Å². The van der Waals surface area contributed by atoms with E-state index in [1.807, 2.05) is 13.8 Å². The highest BCUT2D eigenvalue weighted by molar-refractivity contribution is 6.19. The Labute approximate surface area is 122 Å². The maximum Gasteiger partial charge on any atom is 0.186 e. The van der Waals surface area contributed by atoms with Gasteiger partial charge in [0.2, 0.25) is 0 Å². The molecule has 2 rings (SSSR count). The number of allylic oxidation sites excluding steroid dienone is 3. The van der Waals surface area contributed by atoms with Crippen molar-refractivity contribution in [2.75, 3.05) is 0 Å². The lowest BCUT2D eigenvalue weighted by Crippen LogP contribution is -2.40. The molecule has 0 radical (unpaired) electrons. The molecule has 0 aromatic rings. The standard InChI is InChI=1S/C16H18O5/c1-8(2)3-4-10(17)9-7-13(20)14-11(18)5-6-12(19)15(14)16(9)21/h3,5-7,10,12,15,17-19H,4H2,1-2H3/t10-,12?,15?/m1/s1. The van der Waals surface area contributed by atoms with Crippen LogP contribution in [0.4, 0.5) is 0 Å². The van der Waals surface area contributed by atoms with Crippen LogP contribution in [0.15, 0.2) is 46.8 Å². The van der Waals surface area contributed by atoms with Crippen molar-refractivity contribution >= 4 is 11.6 Å². The first-order valence-electron chi connectivity index (χ1n) is 6.74. The molecule has 21 heavy (non-hydrogen) atoms. The molecule has 3 atom stereocenters. The van der Waals surface area contributed by atoms with Crippen molar-refractivity contribution < 1.29 is 24.9 Å². The van der Waals surface area contributed by atoms with Gasteiger partial charge in [-0.15, -0.1) is 0 Å². The first-order chi connectivity index (χ1) is 9.82. The fourth-order valence-corrected chi connectivity index (χ4v) is 2.49. The van der Waals surface area contributed by atoms with Crippen LogP contribution in [0, 0.1) is 5.92 Å². The van der Waals surface area contributed by atoms with Crippen LogP contribution < -0.4 is 0 Å². The maximum absolute atomic E-state index is 12.4. The molecule has 0 spiro atoms. The second-order valence-electron chi connectivity index (χ2n) is 5.49. The van der Waals surface area contributed by atoms with E-state index in [1.54, 1.807) is 6.08 Å². The van der Waals surface area contributed by atoms with E-state index < -0.39 is 29.7 Å². The number of Topliss-reactive ketones (excluding diaryl/α,β-unsaturated/α-hetero) is 1. The van der Waals surface area contributed by atoms with E-state index in [9.17, 15) is 24.9 Å². The van der Waals surface area contributed by atoms with Crippen molar-refractivity contribution in [1.82, 2.24) is 0 Å². The maximum atomic E-state index is 12.4. The second-order valence-corrected chi connectivity index (χ2v) is 5.49. The number of ketones is 2. The van der Waals surface area contributed by atoms with Gasteiger partial charge in [0, 0.05) is 5.57 Å². The lowest BCUT2D eigenvalue weighted by Gasteiger charge is -2.30. The van der Waals surface area contributed by atoms with E-state index in [4.69, 9.17) is 0 Å². The van der Waals surface area contributed by atoms with Crippen LogP contribution in [0.5, 0.6) is 0 Å². The third-order valence-corrected chi connectivity index (χ3v) is 3.61. The molecule has 2 aliphatic carbocycles. The largest absolute Gasteiger partial charge is 0.508 e. The third-order valence-electron chi connectivity index (χ3n) is 3.61. The van der Waals surface area contributed by atoms with Crippen molar-refractivity contribution in [1.29, 1.82) is 0 Å². The summed E-state index contributed by atoms with van der Waals surface area (Å²) in [6.45, 7) is 3.73. The second kappa shape index (κ2) is 5.79. The van der Waals surface area contributed by atoms with Gasteiger partial charge in [-0.2, -0.15) is 0 Å². The molecule has 0 heterocycles. The average Bonchev–Trinajstić information content (AvgIpc) is 2.42. The van der Waals surface area contributed by atoms with Gasteiger partial charge in [0.15, 0.2) is 11.6 Å². The Morgan fingerprint density at radius 1 is 1.38 bits per heavy atom. The molecule has 0 amide bonds. The Morgan fingerprint density at radius 2 is 2.05 bits per heavy atom. The molecule has 0 aromatic carbocycles. The van der Waals surface area contributed by atoms with E-state index in [0.29, 0.717) is 0 Å². The highest BCUT2D eigenvalue weighted by atomic mass is 16.3. The van der Waals surface area contributed by atoms with Crippen molar-refractivity contribution in [3.8, 4) is 0 Å². The van der Waals surface area contributed by atoms with Crippen LogP contribution >= 0.6 is 0 Å². The zero-order chi connectivity index (χ0) is 15.7. The third kappa shape index (κ3) is 2.89. The lowest BCUT2D eigenvalue weighted by molar-refractivity contribution is -0.125. The van der Waals surface area contributed by atoms with Crippen molar-refractivity contribution in [3.05, 3.63) is 46.8 Å². The molecule has 3 N–H and O–H groups in total. The lowest BCUT2D eigenvalue weighted by atomic mass is 9.74. The number of carbonyl (C=O) groups excluding carboxylic acids is 2. The summed E-state index contributed by atoms with van der Waals surface area (Å²) in [6, 6.07) is 0. The Hall–Kier alpha value is -1.98. The van der Waals surface area contributed by atoms with E-state index in [-0.39, 0.29) is 23.3 Å². The quantitative estimate of drug-likeness (QED) is 0.678. The summed E-state index contributed by atoms with van der Waals surface area (Å²) in [6.07, 6.45) is 3.24. The number of rotatable bonds is 3. The molecule has 0 saturated heterocycles. The molecular weight excluding hydrogens is 272 g/mol. The SMILES string of the molecule is CC(C)=CC[C@@H](O)C1=CC(=O)C2=C(O)C=CC(O)C2C1=O. The fourth-order valence-electron chi connectivity index (χ4n) is 2.49. The minimum atomic E-state index is -1.17. The first kappa shape index (κ1) is 15.4. The molecule has 5 nitrogen and oxygen atoms in total.